The third kappa shape index (κ3) is 6.35. The van der Waals surface area contributed by atoms with Gasteiger partial charge in [0.05, 0.1) is 17.5 Å². The van der Waals surface area contributed by atoms with Crippen LogP contribution in [0.4, 0.5) is 5.69 Å². The summed E-state index contributed by atoms with van der Waals surface area (Å²) >= 11 is 7.44. The SMILES string of the molecule is CC(=NNC(=O)[C@H](C)Sc1nnc(CNc2ccc(Cl)cc2C)n1-c1ccccc1)c1ccc2ccccc2c1. The molecule has 2 N–H and O–H groups in total. The number of benzene rings is 4. The Morgan fingerprint density at radius 3 is 2.50 bits per heavy atom. The first kappa shape index (κ1) is 27.4. The Labute approximate surface area is 242 Å². The summed E-state index contributed by atoms with van der Waals surface area (Å²) < 4.78 is 1.97. The monoisotopic (exact) mass is 568 g/mol. The summed E-state index contributed by atoms with van der Waals surface area (Å²) in [5.74, 6) is 0.505. The summed E-state index contributed by atoms with van der Waals surface area (Å²) in [6, 6.07) is 29.9. The van der Waals surface area contributed by atoms with E-state index in [2.05, 4.69) is 50.3 Å². The van der Waals surface area contributed by atoms with E-state index in [1.165, 1.54) is 11.8 Å². The van der Waals surface area contributed by atoms with Gasteiger partial charge in [-0.05, 0) is 79.1 Å². The first-order chi connectivity index (χ1) is 19.4. The minimum Gasteiger partial charge on any atom is -0.378 e. The molecule has 1 atom stereocenters. The maximum atomic E-state index is 13.0. The highest BCUT2D eigenvalue weighted by Crippen LogP contribution is 2.27. The smallest absolute Gasteiger partial charge is 0.253 e. The molecule has 5 aromatic rings. The number of carbonyl (C=O) groups is 1. The minimum atomic E-state index is -0.459. The summed E-state index contributed by atoms with van der Waals surface area (Å²) in [6.45, 7) is 6.17. The lowest BCUT2D eigenvalue weighted by atomic mass is 10.0. The molecule has 5 rings (SSSR count). The second-order valence-electron chi connectivity index (χ2n) is 9.38. The second kappa shape index (κ2) is 12.4. The van der Waals surface area contributed by atoms with Crippen LogP contribution in [0.15, 0.2) is 101 Å². The fourth-order valence-corrected chi connectivity index (χ4v) is 5.35. The lowest BCUT2D eigenvalue weighted by Gasteiger charge is -2.14. The number of carbonyl (C=O) groups excluding carboxylic acids is 1. The molecule has 0 aliphatic rings. The summed E-state index contributed by atoms with van der Waals surface area (Å²) in [5.41, 5.74) is 7.33. The van der Waals surface area contributed by atoms with E-state index in [4.69, 9.17) is 11.6 Å². The van der Waals surface area contributed by atoms with Crippen molar-refractivity contribution in [3.8, 4) is 5.69 Å². The third-order valence-electron chi connectivity index (χ3n) is 6.49. The molecule has 9 heteroatoms. The number of nitrogens with zero attached hydrogens (tertiary/aromatic N) is 4. The van der Waals surface area contributed by atoms with Crippen LogP contribution in [-0.4, -0.2) is 31.6 Å². The topological polar surface area (TPSA) is 84.2 Å². The molecule has 0 spiro atoms. The number of nitrogens with one attached hydrogen (secondary N) is 2. The highest BCUT2D eigenvalue weighted by Gasteiger charge is 2.21. The number of fused-ring (bicyclic) bond motifs is 1. The predicted molar refractivity (Wildman–Crippen MR) is 164 cm³/mol. The Hall–Kier alpha value is -4.14. The van der Waals surface area contributed by atoms with Crippen LogP contribution in [-0.2, 0) is 11.3 Å². The molecule has 7 nitrogen and oxygen atoms in total. The summed E-state index contributed by atoms with van der Waals surface area (Å²) in [5, 5.41) is 19.8. The number of thioether (sulfide) groups is 1. The van der Waals surface area contributed by atoms with Crippen LogP contribution < -0.4 is 10.7 Å². The number of para-hydroxylation sites is 1. The third-order valence-corrected chi connectivity index (χ3v) is 7.77. The van der Waals surface area contributed by atoms with Gasteiger partial charge in [0.2, 0.25) is 0 Å². The zero-order valence-corrected chi connectivity index (χ0v) is 24.0. The van der Waals surface area contributed by atoms with Gasteiger partial charge < -0.3 is 5.32 Å². The lowest BCUT2D eigenvalue weighted by Crippen LogP contribution is -2.28. The van der Waals surface area contributed by atoms with Gasteiger partial charge in [-0.3, -0.25) is 9.36 Å². The maximum Gasteiger partial charge on any atom is 0.253 e. The highest BCUT2D eigenvalue weighted by molar-refractivity contribution is 8.00. The molecular weight excluding hydrogens is 540 g/mol. The van der Waals surface area contributed by atoms with Crippen molar-refractivity contribution in [2.45, 2.75) is 37.7 Å². The Bertz CT molecular complexity index is 1680. The molecule has 1 aromatic heterocycles. The molecule has 0 bridgehead atoms. The Morgan fingerprint density at radius 2 is 1.73 bits per heavy atom. The van der Waals surface area contributed by atoms with Gasteiger partial charge in [-0.2, -0.15) is 5.10 Å². The van der Waals surface area contributed by atoms with Crippen molar-refractivity contribution in [3.63, 3.8) is 0 Å². The lowest BCUT2D eigenvalue weighted by molar-refractivity contribution is -0.120. The molecule has 0 aliphatic carbocycles. The molecule has 0 aliphatic heterocycles. The first-order valence-corrected chi connectivity index (χ1v) is 14.1. The largest absolute Gasteiger partial charge is 0.378 e. The van der Waals surface area contributed by atoms with E-state index in [0.29, 0.717) is 16.7 Å². The number of rotatable bonds is 9. The van der Waals surface area contributed by atoms with Crippen LogP contribution in [0.5, 0.6) is 0 Å². The number of hydrogen-bond acceptors (Lipinski definition) is 6. The second-order valence-corrected chi connectivity index (χ2v) is 11.1. The quantitative estimate of drug-likeness (QED) is 0.113. The average molecular weight is 569 g/mol. The van der Waals surface area contributed by atoms with E-state index in [0.717, 1.165) is 44.8 Å². The van der Waals surface area contributed by atoms with Crippen LogP contribution in [0.25, 0.3) is 16.5 Å². The van der Waals surface area contributed by atoms with Gasteiger partial charge >= 0.3 is 0 Å². The number of aromatic nitrogens is 3. The van der Waals surface area contributed by atoms with E-state index in [1.54, 1.807) is 0 Å². The first-order valence-electron chi connectivity index (χ1n) is 12.9. The number of aryl methyl sites for hydroxylation is 1. The molecule has 1 heterocycles. The molecular formula is C31H29ClN6OS. The standard InChI is InChI=1S/C31H29ClN6OS/c1-20-17-26(32)15-16-28(20)33-19-29-35-37-31(38(29)27-11-5-4-6-12-27)40-22(3)30(39)36-34-21(2)24-14-13-23-9-7-8-10-25(23)18-24/h4-18,22,33H,19H2,1-3H3,(H,36,39)/t22-/m0/s1. The van der Waals surface area contributed by atoms with Crippen molar-refractivity contribution in [3.05, 3.63) is 113 Å². The van der Waals surface area contributed by atoms with Crippen molar-refractivity contribution in [1.29, 1.82) is 0 Å². The van der Waals surface area contributed by atoms with Gasteiger partial charge in [0.25, 0.3) is 5.91 Å². The Kier molecular flexibility index (Phi) is 8.48. The van der Waals surface area contributed by atoms with Crippen molar-refractivity contribution < 1.29 is 4.79 Å². The number of halogens is 1. The van der Waals surface area contributed by atoms with E-state index in [-0.39, 0.29) is 5.91 Å². The highest BCUT2D eigenvalue weighted by atomic mass is 35.5. The average Bonchev–Trinajstić information content (AvgIpc) is 3.37. The molecule has 0 saturated carbocycles. The van der Waals surface area contributed by atoms with E-state index in [1.807, 2.05) is 92.1 Å². The van der Waals surface area contributed by atoms with Crippen molar-refractivity contribution in [2.75, 3.05) is 5.32 Å². The van der Waals surface area contributed by atoms with E-state index < -0.39 is 5.25 Å². The van der Waals surface area contributed by atoms with Crippen LogP contribution in [0.1, 0.15) is 30.8 Å². The van der Waals surface area contributed by atoms with Crippen molar-refractivity contribution >= 4 is 51.4 Å². The summed E-state index contributed by atoms with van der Waals surface area (Å²) in [4.78, 5) is 13.0. The zero-order valence-electron chi connectivity index (χ0n) is 22.4. The van der Waals surface area contributed by atoms with E-state index >= 15 is 0 Å². The van der Waals surface area contributed by atoms with Gasteiger partial charge in [-0.15, -0.1) is 10.2 Å². The normalized spacial score (nSPS) is 12.3. The number of hydrazone groups is 1. The van der Waals surface area contributed by atoms with Gasteiger partial charge in [-0.1, -0.05) is 78.0 Å². The molecule has 202 valence electrons. The zero-order chi connectivity index (χ0) is 28.1. The van der Waals surface area contributed by atoms with Gasteiger partial charge in [-0.25, -0.2) is 5.43 Å². The molecule has 40 heavy (non-hydrogen) atoms. The molecule has 0 radical (unpaired) electrons. The van der Waals surface area contributed by atoms with Crippen LogP contribution >= 0.6 is 23.4 Å². The van der Waals surface area contributed by atoms with Gasteiger partial charge in [0, 0.05) is 16.4 Å². The summed E-state index contributed by atoms with van der Waals surface area (Å²) in [7, 11) is 0. The molecule has 4 aromatic carbocycles. The Morgan fingerprint density at radius 1 is 0.975 bits per heavy atom. The van der Waals surface area contributed by atoms with Crippen molar-refractivity contribution in [2.24, 2.45) is 5.10 Å². The van der Waals surface area contributed by atoms with Crippen molar-refractivity contribution in [1.82, 2.24) is 20.2 Å². The minimum absolute atomic E-state index is 0.218. The maximum absolute atomic E-state index is 13.0. The Balaban J connectivity index is 1.31. The van der Waals surface area contributed by atoms with E-state index in [9.17, 15) is 4.79 Å². The van der Waals surface area contributed by atoms with Gasteiger partial charge in [0.1, 0.15) is 0 Å². The molecule has 0 unspecified atom stereocenters. The molecule has 1 amide bonds. The number of hydrogen-bond donors (Lipinski definition) is 2. The van der Waals surface area contributed by atoms with Crippen LogP contribution in [0, 0.1) is 6.92 Å². The fourth-order valence-electron chi connectivity index (χ4n) is 4.25. The van der Waals surface area contributed by atoms with Crippen LogP contribution in [0.2, 0.25) is 5.02 Å². The molecule has 0 saturated heterocycles. The van der Waals surface area contributed by atoms with Crippen LogP contribution in [0.3, 0.4) is 0 Å². The van der Waals surface area contributed by atoms with Gasteiger partial charge in [0.15, 0.2) is 11.0 Å². The number of amides is 1. The fraction of sp³-hybridized carbons (Fsp3) is 0.161. The number of anilines is 1. The summed E-state index contributed by atoms with van der Waals surface area (Å²) in [6.07, 6.45) is 0. The molecule has 0 fully saturated rings. The predicted octanol–water partition coefficient (Wildman–Crippen LogP) is 7.02.